The maximum atomic E-state index is 11.8. The van der Waals surface area contributed by atoms with Crippen LogP contribution < -0.4 is 11.1 Å². The quantitative estimate of drug-likeness (QED) is 0.908. The number of aromatic nitrogens is 2. The monoisotopic (exact) mass is 310 g/mol. The Morgan fingerprint density at radius 1 is 1.25 bits per heavy atom. The molecule has 1 amide bonds. The molecular weight excluding hydrogens is 299 g/mol. The molecule has 1 aromatic heterocycles. The van der Waals surface area contributed by atoms with Crippen molar-refractivity contribution in [3.05, 3.63) is 51.9 Å². The fourth-order valence-corrected chi connectivity index (χ4v) is 2.15. The summed E-state index contributed by atoms with van der Waals surface area (Å²) in [6, 6.07) is 5.25. The van der Waals surface area contributed by atoms with Crippen molar-refractivity contribution in [1.82, 2.24) is 15.3 Å². The minimum atomic E-state index is -0.360. The zero-order valence-electron chi connectivity index (χ0n) is 10.4. The second kappa shape index (κ2) is 6.54. The Morgan fingerprint density at radius 2 is 2.00 bits per heavy atom. The summed E-state index contributed by atoms with van der Waals surface area (Å²) in [6.07, 6.45) is 3.43. The van der Waals surface area contributed by atoms with Crippen LogP contribution in [0.3, 0.4) is 0 Å². The Balaban J connectivity index is 1.93. The molecule has 1 aromatic carbocycles. The summed E-state index contributed by atoms with van der Waals surface area (Å²) in [6.45, 7) is 0.413. The highest BCUT2D eigenvalue weighted by atomic mass is 35.5. The van der Waals surface area contributed by atoms with E-state index >= 15 is 0 Å². The van der Waals surface area contributed by atoms with Crippen LogP contribution in [0.25, 0.3) is 0 Å². The zero-order chi connectivity index (χ0) is 14.5. The van der Waals surface area contributed by atoms with Crippen molar-refractivity contribution in [3.8, 4) is 0 Å². The normalized spacial score (nSPS) is 10.3. The standard InChI is InChI=1S/C13H12Cl2N4O/c14-9-2-1-8(10(15)7-9)3-4-19-13(20)11-12(16)18-6-5-17-11/h1-2,5-7H,3-4H2,(H2,16,18)(H,19,20). The number of anilines is 1. The van der Waals surface area contributed by atoms with E-state index in [1.807, 2.05) is 6.07 Å². The Bertz CT molecular complexity index is 634. The van der Waals surface area contributed by atoms with Gasteiger partial charge in [-0.25, -0.2) is 9.97 Å². The lowest BCUT2D eigenvalue weighted by Gasteiger charge is -2.07. The number of nitrogens with zero attached hydrogens (tertiary/aromatic N) is 2. The van der Waals surface area contributed by atoms with Gasteiger partial charge in [0.1, 0.15) is 0 Å². The van der Waals surface area contributed by atoms with Crippen LogP contribution in [0.2, 0.25) is 10.0 Å². The van der Waals surface area contributed by atoms with E-state index in [1.165, 1.54) is 12.4 Å². The van der Waals surface area contributed by atoms with Gasteiger partial charge in [-0.2, -0.15) is 0 Å². The number of carbonyl (C=O) groups is 1. The van der Waals surface area contributed by atoms with Crippen LogP contribution in [0.4, 0.5) is 5.82 Å². The third-order valence-electron chi connectivity index (χ3n) is 2.64. The highest BCUT2D eigenvalue weighted by Crippen LogP contribution is 2.21. The van der Waals surface area contributed by atoms with Crippen molar-refractivity contribution in [2.24, 2.45) is 0 Å². The molecule has 0 spiro atoms. The lowest BCUT2D eigenvalue weighted by atomic mass is 10.1. The third-order valence-corrected chi connectivity index (χ3v) is 3.22. The van der Waals surface area contributed by atoms with Gasteiger partial charge in [0.25, 0.3) is 5.91 Å². The maximum absolute atomic E-state index is 11.8. The fraction of sp³-hybridized carbons (Fsp3) is 0.154. The lowest BCUT2D eigenvalue weighted by molar-refractivity contribution is 0.0950. The summed E-state index contributed by atoms with van der Waals surface area (Å²) in [5, 5.41) is 3.87. The molecule has 20 heavy (non-hydrogen) atoms. The Morgan fingerprint density at radius 3 is 2.70 bits per heavy atom. The number of benzene rings is 1. The highest BCUT2D eigenvalue weighted by molar-refractivity contribution is 6.35. The van der Waals surface area contributed by atoms with Crippen LogP contribution in [0.1, 0.15) is 16.1 Å². The minimum absolute atomic E-state index is 0.106. The molecule has 0 fully saturated rings. The van der Waals surface area contributed by atoms with Gasteiger partial charge in [-0.1, -0.05) is 29.3 Å². The van der Waals surface area contributed by atoms with Gasteiger partial charge in [0.15, 0.2) is 11.5 Å². The van der Waals surface area contributed by atoms with Gasteiger partial charge in [-0.3, -0.25) is 4.79 Å². The summed E-state index contributed by atoms with van der Waals surface area (Å²) < 4.78 is 0. The number of hydrogen-bond acceptors (Lipinski definition) is 4. The van der Waals surface area contributed by atoms with E-state index in [0.717, 1.165) is 5.56 Å². The minimum Gasteiger partial charge on any atom is -0.382 e. The van der Waals surface area contributed by atoms with Gasteiger partial charge in [0.05, 0.1) is 0 Å². The number of nitrogen functional groups attached to an aromatic ring is 1. The SMILES string of the molecule is Nc1nccnc1C(=O)NCCc1ccc(Cl)cc1Cl. The van der Waals surface area contributed by atoms with Crippen LogP contribution in [-0.4, -0.2) is 22.4 Å². The lowest BCUT2D eigenvalue weighted by Crippen LogP contribution is -2.27. The van der Waals surface area contributed by atoms with Gasteiger partial charge < -0.3 is 11.1 Å². The van der Waals surface area contributed by atoms with Gasteiger partial charge in [0, 0.05) is 29.0 Å². The van der Waals surface area contributed by atoms with Crippen molar-refractivity contribution >= 4 is 34.9 Å². The van der Waals surface area contributed by atoms with E-state index in [4.69, 9.17) is 28.9 Å². The molecule has 5 nitrogen and oxygen atoms in total. The van der Waals surface area contributed by atoms with Crippen molar-refractivity contribution in [2.75, 3.05) is 12.3 Å². The van der Waals surface area contributed by atoms with Crippen LogP contribution in [0.5, 0.6) is 0 Å². The third kappa shape index (κ3) is 3.59. The van der Waals surface area contributed by atoms with Crippen molar-refractivity contribution in [1.29, 1.82) is 0 Å². The predicted octanol–water partition coefficient (Wildman–Crippen LogP) is 2.34. The summed E-state index contributed by atoms with van der Waals surface area (Å²) in [5.41, 5.74) is 6.60. The number of nitrogens with one attached hydrogen (secondary N) is 1. The first-order valence-electron chi connectivity index (χ1n) is 5.86. The number of halogens is 2. The van der Waals surface area contributed by atoms with Gasteiger partial charge >= 0.3 is 0 Å². The molecule has 7 heteroatoms. The molecule has 0 atom stereocenters. The Hall–Kier alpha value is -1.85. The molecule has 0 unspecified atom stereocenters. The van der Waals surface area contributed by atoms with Crippen LogP contribution in [0.15, 0.2) is 30.6 Å². The fourth-order valence-electron chi connectivity index (χ4n) is 1.64. The molecule has 0 radical (unpaired) electrons. The molecule has 0 aliphatic rings. The second-order valence-corrected chi connectivity index (χ2v) is 4.88. The van der Waals surface area contributed by atoms with Crippen LogP contribution in [0, 0.1) is 0 Å². The molecule has 0 saturated heterocycles. The summed E-state index contributed by atoms with van der Waals surface area (Å²) in [5.74, 6) is -0.254. The first-order chi connectivity index (χ1) is 9.58. The van der Waals surface area contributed by atoms with Crippen LogP contribution >= 0.6 is 23.2 Å². The molecule has 0 bridgehead atoms. The maximum Gasteiger partial charge on any atom is 0.273 e. The summed E-state index contributed by atoms with van der Waals surface area (Å²) >= 11 is 11.9. The number of rotatable bonds is 4. The summed E-state index contributed by atoms with van der Waals surface area (Å²) in [7, 11) is 0. The number of nitrogens with two attached hydrogens (primary N) is 1. The average molecular weight is 311 g/mol. The largest absolute Gasteiger partial charge is 0.382 e. The first-order valence-corrected chi connectivity index (χ1v) is 6.62. The molecule has 0 aliphatic heterocycles. The van der Waals surface area contributed by atoms with Gasteiger partial charge in [-0.05, 0) is 24.1 Å². The number of carbonyl (C=O) groups excluding carboxylic acids is 1. The number of hydrogen-bond donors (Lipinski definition) is 2. The highest BCUT2D eigenvalue weighted by Gasteiger charge is 2.11. The van der Waals surface area contributed by atoms with E-state index in [9.17, 15) is 4.79 Å². The molecule has 2 aromatic rings. The molecule has 0 aliphatic carbocycles. The Kier molecular flexibility index (Phi) is 4.76. The van der Waals surface area contributed by atoms with Crippen LogP contribution in [-0.2, 0) is 6.42 Å². The Labute approximate surface area is 126 Å². The van der Waals surface area contributed by atoms with Crippen molar-refractivity contribution in [2.45, 2.75) is 6.42 Å². The smallest absolute Gasteiger partial charge is 0.273 e. The second-order valence-electron chi connectivity index (χ2n) is 4.03. The van der Waals surface area contributed by atoms with E-state index < -0.39 is 0 Å². The molecule has 104 valence electrons. The predicted molar refractivity (Wildman–Crippen MR) is 78.9 cm³/mol. The average Bonchev–Trinajstić information content (AvgIpc) is 2.41. The molecule has 2 rings (SSSR count). The summed E-state index contributed by atoms with van der Waals surface area (Å²) in [4.78, 5) is 19.5. The molecule has 3 N–H and O–H groups in total. The van der Waals surface area contributed by atoms with E-state index in [2.05, 4.69) is 15.3 Å². The van der Waals surface area contributed by atoms with Crippen molar-refractivity contribution < 1.29 is 4.79 Å². The first kappa shape index (κ1) is 14.6. The van der Waals surface area contributed by atoms with E-state index in [0.29, 0.717) is 23.0 Å². The number of amides is 1. The topological polar surface area (TPSA) is 80.9 Å². The molecule has 1 heterocycles. The van der Waals surface area contributed by atoms with Crippen molar-refractivity contribution in [3.63, 3.8) is 0 Å². The van der Waals surface area contributed by atoms with Gasteiger partial charge in [0.2, 0.25) is 0 Å². The van der Waals surface area contributed by atoms with Gasteiger partial charge in [-0.15, -0.1) is 0 Å². The molecule has 0 saturated carbocycles. The van der Waals surface area contributed by atoms with E-state index in [1.54, 1.807) is 12.1 Å². The van der Waals surface area contributed by atoms with E-state index in [-0.39, 0.29) is 17.4 Å². The molecular formula is C13H12Cl2N4O. The zero-order valence-corrected chi connectivity index (χ0v) is 11.9.